The van der Waals surface area contributed by atoms with Crippen molar-refractivity contribution in [1.82, 2.24) is 0 Å². The minimum atomic E-state index is -3.39. The van der Waals surface area contributed by atoms with Gasteiger partial charge in [-0.1, -0.05) is 36.4 Å². The largest absolute Gasteiger partial charge is 0.396 e. The molecule has 0 fully saturated rings. The van der Waals surface area contributed by atoms with Crippen LogP contribution >= 0.6 is 0 Å². The zero-order chi connectivity index (χ0) is 15.5. The normalized spacial score (nSPS) is 12.9. The number of benzene rings is 2. The fourth-order valence-corrected chi connectivity index (χ4v) is 2.94. The van der Waals surface area contributed by atoms with E-state index in [0.29, 0.717) is 5.69 Å². The Bertz CT molecular complexity index is 715. The van der Waals surface area contributed by atoms with Gasteiger partial charge in [-0.3, -0.25) is 0 Å². The zero-order valence-corrected chi connectivity index (χ0v) is 12.5. The number of nitrogen functional groups attached to an aromatic ring is 1. The van der Waals surface area contributed by atoms with Crippen LogP contribution in [0.4, 0.5) is 11.4 Å². The SMILES string of the molecule is CS(=O)(=O)c1cccc(NC(CO)c2ccccc2)c1N. The molecule has 0 bridgehead atoms. The Balaban J connectivity index is 2.35. The van der Waals surface area contributed by atoms with Crippen LogP contribution in [0.5, 0.6) is 0 Å². The molecule has 0 amide bonds. The molecule has 4 N–H and O–H groups in total. The van der Waals surface area contributed by atoms with Gasteiger partial charge in [0.05, 0.1) is 28.9 Å². The Morgan fingerprint density at radius 3 is 2.38 bits per heavy atom. The minimum absolute atomic E-state index is 0.0808. The van der Waals surface area contributed by atoms with Gasteiger partial charge < -0.3 is 16.2 Å². The van der Waals surface area contributed by atoms with Gasteiger partial charge in [0.2, 0.25) is 0 Å². The van der Waals surface area contributed by atoms with Crippen LogP contribution in [0.25, 0.3) is 0 Å². The number of sulfone groups is 1. The van der Waals surface area contributed by atoms with Crippen LogP contribution in [-0.2, 0) is 9.84 Å². The molecule has 0 aliphatic rings. The molecule has 0 heterocycles. The van der Waals surface area contributed by atoms with Gasteiger partial charge in [0.25, 0.3) is 0 Å². The van der Waals surface area contributed by atoms with Gasteiger partial charge in [0, 0.05) is 6.26 Å². The summed E-state index contributed by atoms with van der Waals surface area (Å²) in [5, 5.41) is 12.6. The van der Waals surface area contributed by atoms with Crippen molar-refractivity contribution in [2.24, 2.45) is 0 Å². The Hall–Kier alpha value is -2.05. The molecule has 5 nitrogen and oxygen atoms in total. The molecule has 112 valence electrons. The lowest BCUT2D eigenvalue weighted by Crippen LogP contribution is -2.16. The maximum atomic E-state index is 11.7. The Labute approximate surface area is 124 Å². The fraction of sp³-hybridized carbons (Fsp3) is 0.200. The van der Waals surface area contributed by atoms with Crippen molar-refractivity contribution in [2.45, 2.75) is 10.9 Å². The monoisotopic (exact) mass is 306 g/mol. The molecule has 0 aliphatic carbocycles. The van der Waals surface area contributed by atoms with Crippen molar-refractivity contribution in [3.8, 4) is 0 Å². The molecule has 2 aromatic rings. The van der Waals surface area contributed by atoms with Crippen molar-refractivity contribution in [3.63, 3.8) is 0 Å². The minimum Gasteiger partial charge on any atom is -0.396 e. The number of anilines is 2. The third kappa shape index (κ3) is 3.53. The van der Waals surface area contributed by atoms with E-state index in [1.807, 2.05) is 30.3 Å². The number of hydrogen-bond acceptors (Lipinski definition) is 5. The van der Waals surface area contributed by atoms with Crippen LogP contribution in [0.3, 0.4) is 0 Å². The quantitative estimate of drug-likeness (QED) is 0.733. The summed E-state index contributed by atoms with van der Waals surface area (Å²) in [6, 6.07) is 13.8. The molecule has 0 saturated heterocycles. The van der Waals surface area contributed by atoms with Crippen molar-refractivity contribution in [1.29, 1.82) is 0 Å². The zero-order valence-electron chi connectivity index (χ0n) is 11.7. The second-order valence-corrected chi connectivity index (χ2v) is 6.76. The smallest absolute Gasteiger partial charge is 0.177 e. The van der Waals surface area contributed by atoms with Crippen molar-refractivity contribution in [2.75, 3.05) is 23.9 Å². The average Bonchev–Trinajstić information content (AvgIpc) is 2.46. The lowest BCUT2D eigenvalue weighted by molar-refractivity contribution is 0.276. The fourth-order valence-electron chi connectivity index (χ4n) is 2.10. The topological polar surface area (TPSA) is 92.4 Å². The summed E-state index contributed by atoms with van der Waals surface area (Å²) in [6.45, 7) is -0.132. The molecule has 2 rings (SSSR count). The highest BCUT2D eigenvalue weighted by Gasteiger charge is 2.16. The number of nitrogens with two attached hydrogens (primary N) is 1. The van der Waals surface area contributed by atoms with Crippen LogP contribution in [0.1, 0.15) is 11.6 Å². The van der Waals surface area contributed by atoms with Crippen LogP contribution < -0.4 is 11.1 Å². The van der Waals surface area contributed by atoms with Crippen LogP contribution in [0.2, 0.25) is 0 Å². The van der Waals surface area contributed by atoms with Gasteiger partial charge in [-0.05, 0) is 17.7 Å². The third-order valence-corrected chi connectivity index (χ3v) is 4.33. The average molecular weight is 306 g/mol. The lowest BCUT2D eigenvalue weighted by atomic mass is 10.1. The second kappa shape index (κ2) is 6.15. The Kier molecular flexibility index (Phi) is 4.50. The van der Waals surface area contributed by atoms with Crippen molar-refractivity contribution in [3.05, 3.63) is 54.1 Å². The lowest BCUT2D eigenvalue weighted by Gasteiger charge is -2.20. The summed E-state index contributed by atoms with van der Waals surface area (Å²) in [7, 11) is -3.39. The number of hydrogen-bond donors (Lipinski definition) is 3. The first-order chi connectivity index (χ1) is 9.93. The summed E-state index contributed by atoms with van der Waals surface area (Å²) in [5.41, 5.74) is 7.47. The van der Waals surface area contributed by atoms with E-state index in [-0.39, 0.29) is 23.2 Å². The molecule has 2 aromatic carbocycles. The molecular formula is C15H18N2O3S. The first-order valence-corrected chi connectivity index (χ1v) is 8.33. The van der Waals surface area contributed by atoms with Crippen LogP contribution in [0.15, 0.2) is 53.4 Å². The highest BCUT2D eigenvalue weighted by atomic mass is 32.2. The molecule has 0 aromatic heterocycles. The number of nitrogens with one attached hydrogen (secondary N) is 1. The summed E-state index contributed by atoms with van der Waals surface area (Å²) < 4.78 is 23.3. The van der Waals surface area contributed by atoms with E-state index in [1.54, 1.807) is 12.1 Å². The van der Waals surface area contributed by atoms with Crippen LogP contribution in [-0.4, -0.2) is 26.4 Å². The third-order valence-electron chi connectivity index (χ3n) is 3.18. The second-order valence-electron chi connectivity index (χ2n) is 4.78. The van der Waals surface area contributed by atoms with E-state index in [9.17, 15) is 13.5 Å². The molecule has 0 saturated carbocycles. The van der Waals surface area contributed by atoms with Gasteiger partial charge in [-0.25, -0.2) is 8.42 Å². The number of rotatable bonds is 5. The maximum absolute atomic E-state index is 11.7. The predicted octanol–water partition coefficient (Wildman–Crippen LogP) is 1.82. The molecular weight excluding hydrogens is 288 g/mol. The molecule has 1 atom stereocenters. The summed E-state index contributed by atoms with van der Waals surface area (Å²) in [4.78, 5) is 0.0808. The van der Waals surface area contributed by atoms with E-state index in [2.05, 4.69) is 5.32 Å². The van der Waals surface area contributed by atoms with Crippen molar-refractivity contribution < 1.29 is 13.5 Å². The first kappa shape index (κ1) is 15.3. The molecule has 6 heteroatoms. The van der Waals surface area contributed by atoms with Gasteiger partial charge in [0.15, 0.2) is 9.84 Å². The molecule has 0 radical (unpaired) electrons. The van der Waals surface area contributed by atoms with E-state index >= 15 is 0 Å². The summed E-state index contributed by atoms with van der Waals surface area (Å²) in [5.74, 6) is 0. The van der Waals surface area contributed by atoms with E-state index in [0.717, 1.165) is 11.8 Å². The summed E-state index contributed by atoms with van der Waals surface area (Å²) in [6.07, 6.45) is 1.11. The van der Waals surface area contributed by atoms with Gasteiger partial charge >= 0.3 is 0 Å². The highest BCUT2D eigenvalue weighted by Crippen LogP contribution is 2.29. The Morgan fingerprint density at radius 1 is 1.14 bits per heavy atom. The molecule has 21 heavy (non-hydrogen) atoms. The number of aliphatic hydroxyl groups is 1. The van der Waals surface area contributed by atoms with E-state index in [1.165, 1.54) is 6.07 Å². The standard InChI is InChI=1S/C15H18N2O3S/c1-21(19,20)14-9-5-8-12(15(14)16)17-13(10-18)11-6-3-2-4-7-11/h2-9,13,17-18H,10,16H2,1H3. The Morgan fingerprint density at radius 2 is 1.81 bits per heavy atom. The van der Waals surface area contributed by atoms with E-state index in [4.69, 9.17) is 5.73 Å². The van der Waals surface area contributed by atoms with Crippen molar-refractivity contribution >= 4 is 21.2 Å². The molecule has 0 aliphatic heterocycles. The molecule has 0 spiro atoms. The van der Waals surface area contributed by atoms with Gasteiger partial charge in [0.1, 0.15) is 0 Å². The van der Waals surface area contributed by atoms with Crippen LogP contribution in [0, 0.1) is 0 Å². The number of para-hydroxylation sites is 1. The predicted molar refractivity (Wildman–Crippen MR) is 83.9 cm³/mol. The highest BCUT2D eigenvalue weighted by molar-refractivity contribution is 7.90. The summed E-state index contributed by atoms with van der Waals surface area (Å²) >= 11 is 0. The van der Waals surface area contributed by atoms with Gasteiger partial charge in [-0.2, -0.15) is 0 Å². The maximum Gasteiger partial charge on any atom is 0.177 e. The van der Waals surface area contributed by atoms with E-state index < -0.39 is 9.84 Å². The molecule has 1 unspecified atom stereocenters. The van der Waals surface area contributed by atoms with Gasteiger partial charge in [-0.15, -0.1) is 0 Å². The first-order valence-electron chi connectivity index (χ1n) is 6.44. The number of aliphatic hydroxyl groups excluding tert-OH is 1.